The van der Waals surface area contributed by atoms with Gasteiger partial charge in [0.2, 0.25) is 0 Å². The molecule has 0 radical (unpaired) electrons. The number of nitrogens with one attached hydrogen (secondary N) is 2. The number of hydrogen-bond donors (Lipinski definition) is 2. The molecule has 4 rings (SSSR count). The van der Waals surface area contributed by atoms with Gasteiger partial charge in [-0.05, 0) is 62.4 Å². The van der Waals surface area contributed by atoms with Crippen molar-refractivity contribution in [3.05, 3.63) is 36.0 Å². The van der Waals surface area contributed by atoms with Crippen LogP contribution in [0, 0.1) is 0 Å². The minimum Gasteiger partial charge on any atom is -0.361 e. The normalized spacial score (nSPS) is 19.4. The fraction of sp³-hybridized carbons (Fsp3) is 0.560. The van der Waals surface area contributed by atoms with Gasteiger partial charge in [0.1, 0.15) is 0 Å². The van der Waals surface area contributed by atoms with Crippen molar-refractivity contribution in [3.8, 4) is 0 Å². The highest BCUT2D eigenvalue weighted by molar-refractivity contribution is 5.97. The maximum atomic E-state index is 12.8. The zero-order valence-corrected chi connectivity index (χ0v) is 18.5. The Labute approximate surface area is 180 Å². The number of carbonyl (C=O) groups excluding carboxylic acids is 1. The second-order valence-electron chi connectivity index (χ2n) is 8.81. The summed E-state index contributed by atoms with van der Waals surface area (Å²) < 4.78 is 0. The molecule has 1 aromatic heterocycles. The highest BCUT2D eigenvalue weighted by Gasteiger charge is 2.27. The van der Waals surface area contributed by atoms with Crippen LogP contribution in [0.15, 0.2) is 30.5 Å². The first-order chi connectivity index (χ1) is 14.7. The topological polar surface area (TPSA) is 51.4 Å². The molecule has 1 unspecified atom stereocenters. The molecule has 1 fully saturated rings. The van der Waals surface area contributed by atoms with Crippen LogP contribution in [0.1, 0.15) is 64.4 Å². The smallest absolute Gasteiger partial charge is 0.321 e. The molecule has 0 aliphatic carbocycles. The Morgan fingerprint density at radius 2 is 2.13 bits per heavy atom. The predicted octanol–water partition coefficient (Wildman–Crippen LogP) is 5.85. The van der Waals surface area contributed by atoms with E-state index in [1.54, 1.807) is 0 Å². The number of amides is 2. The average Bonchev–Trinajstić information content (AvgIpc) is 3.19. The molecule has 0 saturated carbocycles. The second kappa shape index (κ2) is 9.69. The van der Waals surface area contributed by atoms with Crippen LogP contribution in [-0.2, 0) is 0 Å². The molecule has 2 aliphatic rings. The fourth-order valence-electron chi connectivity index (χ4n) is 4.92. The van der Waals surface area contributed by atoms with Gasteiger partial charge in [-0.25, -0.2) is 4.79 Å². The molecule has 5 nitrogen and oxygen atoms in total. The molecule has 1 atom stereocenters. The lowest BCUT2D eigenvalue weighted by Gasteiger charge is -2.38. The van der Waals surface area contributed by atoms with Crippen molar-refractivity contribution in [2.75, 3.05) is 31.5 Å². The molecule has 30 heavy (non-hydrogen) atoms. The minimum absolute atomic E-state index is 0.0106. The van der Waals surface area contributed by atoms with E-state index in [1.807, 2.05) is 11.0 Å². The van der Waals surface area contributed by atoms with Crippen LogP contribution in [0.3, 0.4) is 0 Å². The zero-order valence-electron chi connectivity index (χ0n) is 18.5. The van der Waals surface area contributed by atoms with E-state index in [4.69, 9.17) is 0 Å². The third-order valence-corrected chi connectivity index (χ3v) is 6.62. The van der Waals surface area contributed by atoms with Crippen LogP contribution in [0.5, 0.6) is 0 Å². The average molecular weight is 409 g/mol. The second-order valence-corrected chi connectivity index (χ2v) is 8.81. The molecule has 0 bridgehead atoms. The first kappa shape index (κ1) is 21.0. The number of nitrogens with zero attached hydrogens (tertiary/aromatic N) is 2. The van der Waals surface area contributed by atoms with Crippen molar-refractivity contribution in [2.45, 2.75) is 64.8 Å². The molecular formula is C25H36N4O. The van der Waals surface area contributed by atoms with Gasteiger partial charge in [-0.15, -0.1) is 0 Å². The van der Waals surface area contributed by atoms with Crippen LogP contribution >= 0.6 is 0 Å². The number of anilines is 1. The Kier molecular flexibility index (Phi) is 6.78. The Bertz CT molecular complexity index is 900. The maximum absolute atomic E-state index is 12.8. The molecule has 1 saturated heterocycles. The number of carbonyl (C=O) groups is 1. The molecule has 0 spiro atoms. The lowest BCUT2D eigenvalue weighted by molar-refractivity contribution is 0.161. The lowest BCUT2D eigenvalue weighted by atomic mass is 9.89. The van der Waals surface area contributed by atoms with Gasteiger partial charge < -0.3 is 15.2 Å². The van der Waals surface area contributed by atoms with E-state index in [0.717, 1.165) is 56.5 Å². The van der Waals surface area contributed by atoms with E-state index in [2.05, 4.69) is 53.5 Å². The third kappa shape index (κ3) is 4.56. The van der Waals surface area contributed by atoms with Crippen molar-refractivity contribution < 1.29 is 4.79 Å². The van der Waals surface area contributed by atoms with Gasteiger partial charge in [-0.3, -0.25) is 4.90 Å². The number of hydrogen-bond acceptors (Lipinski definition) is 2. The van der Waals surface area contributed by atoms with E-state index in [-0.39, 0.29) is 6.03 Å². The van der Waals surface area contributed by atoms with Crippen molar-refractivity contribution in [3.63, 3.8) is 0 Å². The molecular weight excluding hydrogens is 372 g/mol. The summed E-state index contributed by atoms with van der Waals surface area (Å²) in [5.74, 6) is 0. The maximum Gasteiger partial charge on any atom is 0.321 e. The molecule has 162 valence electrons. The first-order valence-electron chi connectivity index (χ1n) is 11.8. The number of benzene rings is 1. The Hall–Kier alpha value is -2.27. The summed E-state index contributed by atoms with van der Waals surface area (Å²) in [5, 5.41) is 4.35. The molecule has 3 heterocycles. The quantitative estimate of drug-likeness (QED) is 0.603. The molecule has 5 heteroatoms. The van der Waals surface area contributed by atoms with E-state index >= 15 is 0 Å². The third-order valence-electron chi connectivity index (χ3n) is 6.62. The number of urea groups is 1. The van der Waals surface area contributed by atoms with Gasteiger partial charge in [0.25, 0.3) is 0 Å². The van der Waals surface area contributed by atoms with Crippen LogP contribution in [0.4, 0.5) is 10.5 Å². The fourth-order valence-corrected chi connectivity index (χ4v) is 4.92. The summed E-state index contributed by atoms with van der Waals surface area (Å²) in [5.41, 5.74) is 4.75. The van der Waals surface area contributed by atoms with Gasteiger partial charge in [0, 0.05) is 54.0 Å². The minimum atomic E-state index is 0.0106. The molecule has 1 aromatic carbocycles. The predicted molar refractivity (Wildman–Crippen MR) is 126 cm³/mol. The van der Waals surface area contributed by atoms with Crippen LogP contribution in [0.2, 0.25) is 0 Å². The molecule has 2 aromatic rings. The van der Waals surface area contributed by atoms with Gasteiger partial charge in [-0.2, -0.15) is 0 Å². The zero-order chi connectivity index (χ0) is 20.9. The summed E-state index contributed by atoms with van der Waals surface area (Å²) in [6, 6.07) is 6.92. The summed E-state index contributed by atoms with van der Waals surface area (Å²) >= 11 is 0. The van der Waals surface area contributed by atoms with Crippen LogP contribution < -0.4 is 5.32 Å². The SMILES string of the molecule is CCCCN(CCC)C(=O)Nc1ccc2[nH]cc(C3=CCN4CCCCC4C3)c2c1. The highest BCUT2D eigenvalue weighted by atomic mass is 16.2. The summed E-state index contributed by atoms with van der Waals surface area (Å²) in [6.07, 6.45) is 12.8. The van der Waals surface area contributed by atoms with Crippen LogP contribution in [0.25, 0.3) is 16.5 Å². The largest absolute Gasteiger partial charge is 0.361 e. The van der Waals surface area contributed by atoms with Crippen molar-refractivity contribution >= 4 is 28.2 Å². The number of fused-ring (bicyclic) bond motifs is 2. The number of H-pyrrole nitrogens is 1. The summed E-state index contributed by atoms with van der Waals surface area (Å²) in [4.78, 5) is 20.8. The van der Waals surface area contributed by atoms with E-state index in [0.29, 0.717) is 6.04 Å². The Morgan fingerprint density at radius 3 is 2.97 bits per heavy atom. The molecule has 2 amide bonds. The molecule has 2 N–H and O–H groups in total. The van der Waals surface area contributed by atoms with Crippen molar-refractivity contribution in [2.24, 2.45) is 0 Å². The van der Waals surface area contributed by atoms with Crippen molar-refractivity contribution in [1.29, 1.82) is 0 Å². The molecule has 2 aliphatic heterocycles. The van der Waals surface area contributed by atoms with Gasteiger partial charge in [0.15, 0.2) is 0 Å². The van der Waals surface area contributed by atoms with Gasteiger partial charge in [-0.1, -0.05) is 32.8 Å². The first-order valence-corrected chi connectivity index (χ1v) is 11.8. The lowest BCUT2D eigenvalue weighted by Crippen LogP contribution is -2.41. The van der Waals surface area contributed by atoms with E-state index in [9.17, 15) is 4.79 Å². The Balaban J connectivity index is 1.53. The number of aromatic nitrogens is 1. The standard InChI is InChI=1S/C25H36N4O/c1-3-5-13-29(12-4-2)25(30)27-20-9-10-24-22(17-20)23(18-26-24)19-11-15-28-14-7-6-8-21(28)16-19/h9-11,17-18,21,26H,3-8,12-16H2,1-2H3,(H,27,30). The summed E-state index contributed by atoms with van der Waals surface area (Å²) in [6.45, 7) is 8.20. The van der Waals surface area contributed by atoms with Gasteiger partial charge in [0.05, 0.1) is 0 Å². The monoisotopic (exact) mass is 408 g/mol. The number of unbranched alkanes of at least 4 members (excludes halogenated alkanes) is 1. The van der Waals surface area contributed by atoms with Gasteiger partial charge >= 0.3 is 6.03 Å². The van der Waals surface area contributed by atoms with Crippen LogP contribution in [-0.4, -0.2) is 53.0 Å². The number of rotatable bonds is 7. The van der Waals surface area contributed by atoms with E-state index < -0.39 is 0 Å². The number of aromatic amines is 1. The highest BCUT2D eigenvalue weighted by Crippen LogP contribution is 2.35. The Morgan fingerprint density at radius 1 is 1.23 bits per heavy atom. The van der Waals surface area contributed by atoms with Crippen molar-refractivity contribution in [1.82, 2.24) is 14.8 Å². The number of piperidine rings is 1. The summed E-state index contributed by atoms with van der Waals surface area (Å²) in [7, 11) is 0. The van der Waals surface area contributed by atoms with E-state index in [1.165, 1.54) is 42.3 Å².